The van der Waals surface area contributed by atoms with E-state index in [0.717, 1.165) is 49.3 Å². The minimum Gasteiger partial charge on any atom is -0.497 e. The number of hydrogen-bond acceptors (Lipinski definition) is 3. The molecule has 3 aromatic rings. The number of amides is 1. The van der Waals surface area contributed by atoms with E-state index in [1.165, 1.54) is 36.2 Å². The van der Waals surface area contributed by atoms with Crippen molar-refractivity contribution in [1.82, 2.24) is 9.88 Å². The zero-order chi connectivity index (χ0) is 22.6. The highest BCUT2D eigenvalue weighted by Gasteiger charge is 2.20. The summed E-state index contributed by atoms with van der Waals surface area (Å²) >= 11 is 0. The monoisotopic (exact) mass is 444 g/mol. The molecule has 1 atom stereocenters. The number of methoxy groups -OCH3 is 1. The van der Waals surface area contributed by atoms with Crippen LogP contribution in [0.15, 0.2) is 54.6 Å². The van der Waals surface area contributed by atoms with Crippen molar-refractivity contribution >= 4 is 5.91 Å². The van der Waals surface area contributed by atoms with Crippen LogP contribution in [0.4, 0.5) is 0 Å². The Kier molecular flexibility index (Phi) is 6.49. The first-order valence-electron chi connectivity index (χ1n) is 12.1. The van der Waals surface area contributed by atoms with Gasteiger partial charge in [0.2, 0.25) is 0 Å². The number of nitrogens with zero attached hydrogens (tertiary/aromatic N) is 1. The first-order chi connectivity index (χ1) is 16.2. The van der Waals surface area contributed by atoms with E-state index in [2.05, 4.69) is 40.2 Å². The fourth-order valence-corrected chi connectivity index (χ4v) is 5.04. The number of rotatable bonds is 6. The highest BCUT2D eigenvalue weighted by Crippen LogP contribution is 2.34. The van der Waals surface area contributed by atoms with Crippen LogP contribution >= 0.6 is 0 Å². The Morgan fingerprint density at radius 2 is 1.91 bits per heavy atom. The van der Waals surface area contributed by atoms with E-state index >= 15 is 0 Å². The Morgan fingerprint density at radius 1 is 1.06 bits per heavy atom. The lowest BCUT2D eigenvalue weighted by Gasteiger charge is -2.16. The molecule has 172 valence electrons. The molecule has 0 radical (unpaired) electrons. The van der Waals surface area contributed by atoms with E-state index in [1.54, 1.807) is 7.11 Å². The van der Waals surface area contributed by atoms with Crippen molar-refractivity contribution < 1.29 is 14.3 Å². The molecule has 5 rings (SSSR count). The summed E-state index contributed by atoms with van der Waals surface area (Å²) < 4.78 is 13.5. The second-order valence-electron chi connectivity index (χ2n) is 9.02. The molecule has 1 N–H and O–H groups in total. The maximum absolute atomic E-state index is 12.6. The molecule has 1 fully saturated rings. The molecule has 1 aromatic heterocycles. The third kappa shape index (κ3) is 4.69. The number of ether oxygens (including phenoxy) is 2. The Labute approximate surface area is 195 Å². The molecule has 0 saturated carbocycles. The number of nitrogens with one attached hydrogen (secondary N) is 1. The van der Waals surface area contributed by atoms with Gasteiger partial charge in [0, 0.05) is 35.7 Å². The lowest BCUT2D eigenvalue weighted by molar-refractivity contribution is 0.0858. The fraction of sp³-hybridized carbons (Fsp3) is 0.393. The van der Waals surface area contributed by atoms with Crippen LogP contribution in [0, 0.1) is 0 Å². The number of carbonyl (C=O) groups is 1. The Hall–Kier alpha value is -3.05. The molecule has 1 unspecified atom stereocenters. The van der Waals surface area contributed by atoms with Gasteiger partial charge in [0.05, 0.1) is 18.9 Å². The topological polar surface area (TPSA) is 52.5 Å². The second-order valence-corrected chi connectivity index (χ2v) is 9.02. The van der Waals surface area contributed by atoms with Crippen molar-refractivity contribution in [2.24, 2.45) is 0 Å². The largest absolute Gasteiger partial charge is 0.497 e. The minimum absolute atomic E-state index is 0.0450. The lowest BCUT2D eigenvalue weighted by atomic mass is 10.1. The van der Waals surface area contributed by atoms with Gasteiger partial charge in [-0.2, -0.15) is 0 Å². The van der Waals surface area contributed by atoms with Gasteiger partial charge in [-0.15, -0.1) is 0 Å². The van der Waals surface area contributed by atoms with Crippen LogP contribution in [-0.4, -0.2) is 36.8 Å². The molecule has 0 bridgehead atoms. The Morgan fingerprint density at radius 3 is 2.70 bits per heavy atom. The molecule has 1 aliphatic heterocycles. The summed E-state index contributed by atoms with van der Waals surface area (Å²) in [6, 6.07) is 18.6. The molecule has 0 spiro atoms. The van der Waals surface area contributed by atoms with Crippen LogP contribution in [0.2, 0.25) is 0 Å². The molecule has 1 aliphatic carbocycles. The number of benzene rings is 2. The lowest BCUT2D eigenvalue weighted by Crippen LogP contribution is -2.31. The Bertz CT molecular complexity index is 1110. The van der Waals surface area contributed by atoms with Crippen LogP contribution in [0.5, 0.6) is 5.75 Å². The van der Waals surface area contributed by atoms with Crippen LogP contribution in [0.3, 0.4) is 0 Å². The van der Waals surface area contributed by atoms with Gasteiger partial charge in [0.1, 0.15) is 5.75 Å². The predicted molar refractivity (Wildman–Crippen MR) is 130 cm³/mol. The predicted octanol–water partition coefficient (Wildman–Crippen LogP) is 5.33. The van der Waals surface area contributed by atoms with E-state index < -0.39 is 0 Å². The van der Waals surface area contributed by atoms with Crippen molar-refractivity contribution in [2.75, 3.05) is 20.3 Å². The maximum Gasteiger partial charge on any atom is 0.251 e. The zero-order valence-corrected chi connectivity index (χ0v) is 19.3. The smallest absolute Gasteiger partial charge is 0.251 e. The van der Waals surface area contributed by atoms with E-state index in [-0.39, 0.29) is 12.0 Å². The number of aromatic nitrogens is 1. The van der Waals surface area contributed by atoms with E-state index in [4.69, 9.17) is 9.47 Å². The van der Waals surface area contributed by atoms with Crippen LogP contribution in [0.25, 0.3) is 16.9 Å². The van der Waals surface area contributed by atoms with Gasteiger partial charge in [0.15, 0.2) is 0 Å². The third-order valence-electron chi connectivity index (χ3n) is 6.82. The maximum atomic E-state index is 12.6. The quantitative estimate of drug-likeness (QED) is 0.523. The summed E-state index contributed by atoms with van der Waals surface area (Å²) in [5, 5.41) is 3.02. The number of carbonyl (C=O) groups excluding carboxylic acids is 1. The van der Waals surface area contributed by atoms with Gasteiger partial charge in [-0.25, -0.2) is 0 Å². The fourth-order valence-electron chi connectivity index (χ4n) is 5.04. The standard InChI is InChI=1S/C28H32N2O3/c1-32-24-9-5-8-21(17-24)27-18-22-7-3-2-4-11-26(22)30(27)23-14-12-20(13-15-23)28(31)29-19-25-10-6-16-33-25/h5,8-9,12-15,17-18,25H,2-4,6-7,10-11,16,19H2,1H3,(H,29,31). The average Bonchev–Trinajstić information content (AvgIpc) is 3.45. The normalized spacial score (nSPS) is 17.9. The van der Waals surface area contributed by atoms with E-state index in [0.29, 0.717) is 12.1 Å². The van der Waals surface area contributed by atoms with E-state index in [9.17, 15) is 4.79 Å². The summed E-state index contributed by atoms with van der Waals surface area (Å²) in [6.45, 7) is 1.37. The third-order valence-corrected chi connectivity index (χ3v) is 6.82. The van der Waals surface area contributed by atoms with Gasteiger partial charge >= 0.3 is 0 Å². The first-order valence-corrected chi connectivity index (χ1v) is 12.1. The molecule has 2 heterocycles. The van der Waals surface area contributed by atoms with Gasteiger partial charge in [-0.3, -0.25) is 4.79 Å². The molecule has 33 heavy (non-hydrogen) atoms. The molecule has 5 nitrogen and oxygen atoms in total. The van der Waals surface area contributed by atoms with Crippen molar-refractivity contribution in [3.8, 4) is 22.7 Å². The average molecular weight is 445 g/mol. The van der Waals surface area contributed by atoms with Crippen LogP contribution < -0.4 is 10.1 Å². The molecule has 5 heteroatoms. The summed E-state index contributed by atoms with van der Waals surface area (Å²) in [7, 11) is 1.70. The molecule has 1 amide bonds. The van der Waals surface area contributed by atoms with Gasteiger partial charge in [-0.05, 0) is 86.6 Å². The van der Waals surface area contributed by atoms with Crippen molar-refractivity contribution in [1.29, 1.82) is 0 Å². The zero-order valence-electron chi connectivity index (χ0n) is 19.3. The first kappa shape index (κ1) is 21.8. The van der Waals surface area contributed by atoms with Gasteiger partial charge in [0.25, 0.3) is 5.91 Å². The molecule has 1 saturated heterocycles. The summed E-state index contributed by atoms with van der Waals surface area (Å²) in [5.74, 6) is 0.810. The molecule has 2 aromatic carbocycles. The molecular formula is C28H32N2O3. The number of hydrogen-bond donors (Lipinski definition) is 1. The number of aryl methyl sites for hydroxylation is 1. The van der Waals surface area contributed by atoms with Gasteiger partial charge < -0.3 is 19.4 Å². The van der Waals surface area contributed by atoms with Crippen molar-refractivity contribution in [3.05, 3.63) is 71.4 Å². The Balaban J connectivity index is 1.46. The highest BCUT2D eigenvalue weighted by atomic mass is 16.5. The van der Waals surface area contributed by atoms with Crippen LogP contribution in [0.1, 0.15) is 53.7 Å². The van der Waals surface area contributed by atoms with Crippen LogP contribution in [-0.2, 0) is 17.6 Å². The molecule has 2 aliphatic rings. The highest BCUT2D eigenvalue weighted by molar-refractivity contribution is 5.94. The summed E-state index contributed by atoms with van der Waals surface area (Å²) in [4.78, 5) is 12.6. The second kappa shape index (κ2) is 9.84. The minimum atomic E-state index is -0.0450. The molecular weight excluding hydrogens is 412 g/mol. The summed E-state index contributed by atoms with van der Waals surface area (Å²) in [6.07, 6.45) is 8.14. The van der Waals surface area contributed by atoms with Crippen molar-refractivity contribution in [3.63, 3.8) is 0 Å². The summed E-state index contributed by atoms with van der Waals surface area (Å²) in [5.41, 5.74) is 6.91. The number of fused-ring (bicyclic) bond motifs is 1. The van der Waals surface area contributed by atoms with E-state index in [1.807, 2.05) is 24.3 Å². The van der Waals surface area contributed by atoms with Gasteiger partial charge in [-0.1, -0.05) is 18.6 Å². The SMILES string of the molecule is COc1cccc(-c2cc3c(n2-c2ccc(C(=O)NCC4CCCO4)cc2)CCCCC3)c1. The van der Waals surface area contributed by atoms with Crippen molar-refractivity contribution in [2.45, 2.75) is 51.0 Å².